The highest BCUT2D eigenvalue weighted by Crippen LogP contribution is 2.42. The van der Waals surface area contributed by atoms with Crippen LogP contribution in [0.1, 0.15) is 91.7 Å². The summed E-state index contributed by atoms with van der Waals surface area (Å²) in [4.78, 5) is 33.6. The number of ether oxygens (including phenoxy) is 2. The smallest absolute Gasteiger partial charge is 0.303 e. The largest absolute Gasteiger partial charge is 0.491 e. The standard InChI is InChI=1S/C31H40N4O5/c1-31(2,3)23-14-21(15-25(34-12-11-22(17-34)39-4)29(23)40-13-5-6-27(37)38)26(36)18-35-16-20-9-10-24(19-7-8-19)33-28(20)30(35)32/h9-10,14-15,19,22,32H,5-8,11-13,16-18H2,1-4H3,(H,37,38). The summed E-state index contributed by atoms with van der Waals surface area (Å²) in [5.41, 5.74) is 4.73. The van der Waals surface area contributed by atoms with Gasteiger partial charge in [0, 0.05) is 61.5 Å². The molecular weight excluding hydrogens is 508 g/mol. The van der Waals surface area contributed by atoms with Crippen molar-refractivity contribution in [1.29, 1.82) is 5.41 Å². The molecule has 2 N–H and O–H groups in total. The first kappa shape index (κ1) is 28.1. The molecule has 0 spiro atoms. The van der Waals surface area contributed by atoms with Crippen LogP contribution in [-0.2, 0) is 21.5 Å². The van der Waals surface area contributed by atoms with E-state index in [2.05, 4.69) is 37.8 Å². The maximum atomic E-state index is 13.8. The molecule has 1 aromatic carbocycles. The third kappa shape index (κ3) is 5.99. The highest BCUT2D eigenvalue weighted by molar-refractivity contribution is 6.05. The number of fused-ring (bicyclic) bond motifs is 1. The van der Waals surface area contributed by atoms with Crippen molar-refractivity contribution in [2.24, 2.45) is 0 Å². The Bertz CT molecular complexity index is 1310. The first-order valence-corrected chi connectivity index (χ1v) is 14.2. The Hall–Kier alpha value is -3.46. The molecule has 2 fully saturated rings. The fourth-order valence-corrected chi connectivity index (χ4v) is 5.53. The fraction of sp³-hybridized carbons (Fsp3) is 0.548. The summed E-state index contributed by atoms with van der Waals surface area (Å²) in [5.74, 6) is 0.604. The number of amidine groups is 1. The van der Waals surface area contributed by atoms with Gasteiger partial charge in [0.1, 0.15) is 17.3 Å². The molecule has 1 atom stereocenters. The number of hydrogen-bond donors (Lipinski definition) is 2. The molecule has 9 heteroatoms. The number of nitrogens with one attached hydrogen (secondary N) is 1. The third-order valence-electron chi connectivity index (χ3n) is 8.03. The zero-order chi connectivity index (χ0) is 28.6. The lowest BCUT2D eigenvalue weighted by atomic mass is 9.84. The Balaban J connectivity index is 1.43. The number of hydrogen-bond acceptors (Lipinski definition) is 7. The molecule has 9 nitrogen and oxygen atoms in total. The molecule has 1 aliphatic carbocycles. The van der Waals surface area contributed by atoms with Crippen LogP contribution in [0, 0.1) is 5.41 Å². The number of methoxy groups -OCH3 is 1. The summed E-state index contributed by atoms with van der Waals surface area (Å²) in [5, 5.41) is 17.8. The number of carboxylic acids is 1. The molecule has 1 aromatic heterocycles. The van der Waals surface area contributed by atoms with Gasteiger partial charge < -0.3 is 24.4 Å². The van der Waals surface area contributed by atoms with Gasteiger partial charge in [-0.1, -0.05) is 26.8 Å². The molecule has 3 aliphatic rings. The number of benzene rings is 1. The van der Waals surface area contributed by atoms with Crippen molar-refractivity contribution in [1.82, 2.24) is 9.88 Å². The van der Waals surface area contributed by atoms with Gasteiger partial charge in [-0.2, -0.15) is 0 Å². The van der Waals surface area contributed by atoms with E-state index in [4.69, 9.17) is 25.0 Å². The normalized spacial score (nSPS) is 18.8. The predicted octanol–water partition coefficient (Wildman–Crippen LogP) is 4.75. The summed E-state index contributed by atoms with van der Waals surface area (Å²) in [6, 6.07) is 7.94. The van der Waals surface area contributed by atoms with E-state index in [-0.39, 0.29) is 36.9 Å². The fourth-order valence-electron chi connectivity index (χ4n) is 5.53. The molecular formula is C31H40N4O5. The highest BCUT2D eigenvalue weighted by Gasteiger charge is 2.33. The van der Waals surface area contributed by atoms with Crippen LogP contribution in [0.15, 0.2) is 24.3 Å². The van der Waals surface area contributed by atoms with Crippen LogP contribution < -0.4 is 9.64 Å². The summed E-state index contributed by atoms with van der Waals surface area (Å²) in [6.45, 7) is 8.58. The second-order valence-corrected chi connectivity index (χ2v) is 12.2. The first-order chi connectivity index (χ1) is 19.0. The number of Topliss-reactive ketones (excluding diaryl/α,β-unsaturated/α-hetero) is 1. The van der Waals surface area contributed by atoms with Crippen molar-refractivity contribution in [3.63, 3.8) is 0 Å². The Morgan fingerprint density at radius 3 is 2.60 bits per heavy atom. The number of carboxylic acid groups (broad SMARTS) is 1. The Morgan fingerprint density at radius 2 is 1.95 bits per heavy atom. The van der Waals surface area contributed by atoms with Crippen LogP contribution in [0.5, 0.6) is 5.75 Å². The number of nitrogens with zero attached hydrogens (tertiary/aromatic N) is 3. The second kappa shape index (κ2) is 11.2. The van der Waals surface area contributed by atoms with Crippen molar-refractivity contribution >= 4 is 23.3 Å². The third-order valence-corrected chi connectivity index (χ3v) is 8.03. The van der Waals surface area contributed by atoms with Crippen LogP contribution in [0.3, 0.4) is 0 Å². The van der Waals surface area contributed by atoms with E-state index in [0.717, 1.165) is 48.3 Å². The Labute approximate surface area is 236 Å². The van der Waals surface area contributed by atoms with Crippen molar-refractivity contribution < 1.29 is 24.2 Å². The van der Waals surface area contributed by atoms with Gasteiger partial charge in [0.05, 0.1) is 24.9 Å². The van der Waals surface area contributed by atoms with Gasteiger partial charge in [-0.05, 0) is 49.3 Å². The number of aromatic nitrogens is 1. The summed E-state index contributed by atoms with van der Waals surface area (Å²) < 4.78 is 11.9. The highest BCUT2D eigenvalue weighted by atomic mass is 16.5. The second-order valence-electron chi connectivity index (χ2n) is 12.2. The maximum absolute atomic E-state index is 13.8. The van der Waals surface area contributed by atoms with Gasteiger partial charge >= 0.3 is 5.97 Å². The van der Waals surface area contributed by atoms with Crippen LogP contribution in [0.4, 0.5) is 5.69 Å². The lowest BCUT2D eigenvalue weighted by Crippen LogP contribution is -2.31. The molecule has 1 unspecified atom stereocenters. The number of pyridine rings is 1. The van der Waals surface area contributed by atoms with Crippen molar-refractivity contribution in [2.75, 3.05) is 38.3 Å². The van der Waals surface area contributed by atoms with Gasteiger partial charge in [-0.3, -0.25) is 15.0 Å². The number of carbonyl (C=O) groups excluding carboxylic acids is 1. The van der Waals surface area contributed by atoms with E-state index in [1.165, 1.54) is 0 Å². The number of ketones is 1. The summed E-state index contributed by atoms with van der Waals surface area (Å²) in [7, 11) is 1.71. The number of anilines is 1. The minimum absolute atomic E-state index is 0.0351. The summed E-state index contributed by atoms with van der Waals surface area (Å²) in [6.07, 6.45) is 3.70. The molecule has 1 saturated carbocycles. The number of rotatable bonds is 11. The van der Waals surface area contributed by atoms with Crippen LogP contribution in [-0.4, -0.2) is 72.0 Å². The van der Waals surface area contributed by atoms with E-state index in [0.29, 0.717) is 48.3 Å². The molecule has 0 bridgehead atoms. The Kier molecular flexibility index (Phi) is 7.86. The minimum atomic E-state index is -0.850. The van der Waals surface area contributed by atoms with E-state index in [9.17, 15) is 9.59 Å². The molecule has 3 heterocycles. The summed E-state index contributed by atoms with van der Waals surface area (Å²) >= 11 is 0. The predicted molar refractivity (Wildman–Crippen MR) is 153 cm³/mol. The zero-order valence-corrected chi connectivity index (χ0v) is 24.0. The topological polar surface area (TPSA) is 116 Å². The van der Waals surface area contributed by atoms with E-state index < -0.39 is 5.97 Å². The van der Waals surface area contributed by atoms with Crippen LogP contribution >= 0.6 is 0 Å². The lowest BCUT2D eigenvalue weighted by Gasteiger charge is -2.30. The molecule has 0 amide bonds. The van der Waals surface area contributed by atoms with Gasteiger partial charge in [-0.15, -0.1) is 0 Å². The van der Waals surface area contributed by atoms with E-state index >= 15 is 0 Å². The monoisotopic (exact) mass is 548 g/mol. The molecule has 2 aliphatic heterocycles. The average Bonchev–Trinajstić information content (AvgIpc) is 3.57. The average molecular weight is 549 g/mol. The molecule has 0 radical (unpaired) electrons. The molecule has 214 valence electrons. The van der Waals surface area contributed by atoms with Crippen molar-refractivity contribution in [2.45, 2.75) is 76.9 Å². The van der Waals surface area contributed by atoms with Gasteiger partial charge in [0.2, 0.25) is 0 Å². The minimum Gasteiger partial charge on any atom is -0.491 e. The van der Waals surface area contributed by atoms with Gasteiger partial charge in [-0.25, -0.2) is 4.98 Å². The van der Waals surface area contributed by atoms with Gasteiger partial charge in [0.15, 0.2) is 5.78 Å². The lowest BCUT2D eigenvalue weighted by molar-refractivity contribution is -0.137. The van der Waals surface area contributed by atoms with E-state index in [1.54, 1.807) is 12.0 Å². The van der Waals surface area contributed by atoms with Crippen molar-refractivity contribution in [3.05, 3.63) is 52.3 Å². The Morgan fingerprint density at radius 1 is 1.18 bits per heavy atom. The number of carbonyl (C=O) groups is 2. The molecule has 40 heavy (non-hydrogen) atoms. The maximum Gasteiger partial charge on any atom is 0.303 e. The number of aliphatic carboxylic acids is 1. The van der Waals surface area contributed by atoms with E-state index in [1.807, 2.05) is 12.1 Å². The SMILES string of the molecule is COC1CCN(c2cc(C(=O)CN3Cc4ccc(C5CC5)nc4C3=N)cc(C(C)(C)C)c2OCCCC(=O)O)C1. The van der Waals surface area contributed by atoms with Crippen LogP contribution in [0.25, 0.3) is 0 Å². The first-order valence-electron chi connectivity index (χ1n) is 14.2. The zero-order valence-electron chi connectivity index (χ0n) is 24.0. The quantitative estimate of drug-likeness (QED) is 0.305. The molecule has 1 saturated heterocycles. The molecule has 5 rings (SSSR count). The van der Waals surface area contributed by atoms with Crippen LogP contribution in [0.2, 0.25) is 0 Å². The molecule has 2 aromatic rings. The van der Waals surface area contributed by atoms with Gasteiger partial charge in [0.25, 0.3) is 0 Å². The van der Waals surface area contributed by atoms with Crippen molar-refractivity contribution in [3.8, 4) is 5.75 Å².